The van der Waals surface area contributed by atoms with Crippen molar-refractivity contribution in [3.8, 4) is 0 Å². The van der Waals surface area contributed by atoms with Crippen LogP contribution in [0.25, 0.3) is 0 Å². The lowest BCUT2D eigenvalue weighted by atomic mass is 9.98. The molecule has 0 aliphatic heterocycles. The summed E-state index contributed by atoms with van der Waals surface area (Å²) in [4.78, 5) is 29.0. The number of aryl methyl sites for hydroxylation is 1. The predicted octanol–water partition coefficient (Wildman–Crippen LogP) is 4.80. The number of benzene rings is 1. The predicted molar refractivity (Wildman–Crippen MR) is 105 cm³/mol. The number of anilines is 2. The van der Waals surface area contributed by atoms with Gasteiger partial charge in [0.2, 0.25) is 5.91 Å². The summed E-state index contributed by atoms with van der Waals surface area (Å²) in [5, 5.41) is 5.71. The van der Waals surface area contributed by atoms with Crippen LogP contribution in [0.5, 0.6) is 0 Å². The van der Waals surface area contributed by atoms with E-state index in [1.165, 1.54) is 0 Å². The number of amides is 2. The SMILES string of the molecule is CCCCC(CC)C(=O)Nc1cccc(C(=O)Nc2cc(C)ccn2)c1. The molecule has 26 heavy (non-hydrogen) atoms. The number of nitrogens with one attached hydrogen (secondary N) is 2. The molecule has 1 aromatic heterocycles. The molecule has 0 radical (unpaired) electrons. The van der Waals surface area contributed by atoms with Crippen LogP contribution < -0.4 is 10.6 Å². The molecule has 1 heterocycles. The Balaban J connectivity index is 2.04. The minimum absolute atomic E-state index is 0.00364. The molecule has 0 aliphatic rings. The summed E-state index contributed by atoms with van der Waals surface area (Å²) >= 11 is 0. The van der Waals surface area contributed by atoms with Crippen molar-refractivity contribution >= 4 is 23.3 Å². The van der Waals surface area contributed by atoms with E-state index in [2.05, 4.69) is 22.5 Å². The first-order valence-electron chi connectivity index (χ1n) is 9.18. The van der Waals surface area contributed by atoms with E-state index in [9.17, 15) is 9.59 Å². The van der Waals surface area contributed by atoms with Gasteiger partial charge in [-0.25, -0.2) is 4.98 Å². The van der Waals surface area contributed by atoms with Crippen molar-refractivity contribution in [3.63, 3.8) is 0 Å². The number of carbonyl (C=O) groups is 2. The molecule has 0 saturated carbocycles. The number of nitrogens with zero attached hydrogens (tertiary/aromatic N) is 1. The lowest BCUT2D eigenvalue weighted by molar-refractivity contribution is -0.120. The zero-order valence-corrected chi connectivity index (χ0v) is 15.7. The summed E-state index contributed by atoms with van der Waals surface area (Å²) in [5.41, 5.74) is 2.14. The van der Waals surface area contributed by atoms with Gasteiger partial charge in [0.25, 0.3) is 5.91 Å². The smallest absolute Gasteiger partial charge is 0.256 e. The molecule has 0 aliphatic carbocycles. The van der Waals surface area contributed by atoms with E-state index in [1.54, 1.807) is 30.5 Å². The minimum atomic E-state index is -0.253. The fourth-order valence-electron chi connectivity index (χ4n) is 2.75. The lowest BCUT2D eigenvalue weighted by Gasteiger charge is -2.15. The van der Waals surface area contributed by atoms with Gasteiger partial charge in [0.05, 0.1) is 0 Å². The van der Waals surface area contributed by atoms with Crippen molar-refractivity contribution in [2.45, 2.75) is 46.5 Å². The monoisotopic (exact) mass is 353 g/mol. The molecule has 138 valence electrons. The first kappa shape index (κ1) is 19.6. The molecule has 0 fully saturated rings. The van der Waals surface area contributed by atoms with Crippen LogP contribution in [-0.4, -0.2) is 16.8 Å². The summed E-state index contributed by atoms with van der Waals surface area (Å²) in [6, 6.07) is 10.6. The van der Waals surface area contributed by atoms with E-state index in [4.69, 9.17) is 0 Å². The summed E-state index contributed by atoms with van der Waals surface area (Å²) in [6.45, 7) is 6.09. The van der Waals surface area contributed by atoms with Gasteiger partial charge >= 0.3 is 0 Å². The van der Waals surface area contributed by atoms with Crippen LogP contribution in [0, 0.1) is 12.8 Å². The van der Waals surface area contributed by atoms with Crippen molar-refractivity contribution in [3.05, 3.63) is 53.7 Å². The van der Waals surface area contributed by atoms with Gasteiger partial charge in [-0.05, 0) is 55.7 Å². The van der Waals surface area contributed by atoms with Crippen LogP contribution in [0.4, 0.5) is 11.5 Å². The fourth-order valence-corrected chi connectivity index (χ4v) is 2.75. The second kappa shape index (κ2) is 9.70. The van der Waals surface area contributed by atoms with Gasteiger partial charge in [0.1, 0.15) is 5.82 Å². The van der Waals surface area contributed by atoms with E-state index < -0.39 is 0 Å². The van der Waals surface area contributed by atoms with Gasteiger partial charge in [-0.2, -0.15) is 0 Å². The number of hydrogen-bond acceptors (Lipinski definition) is 3. The first-order valence-corrected chi connectivity index (χ1v) is 9.18. The van der Waals surface area contributed by atoms with Crippen molar-refractivity contribution in [1.82, 2.24) is 4.98 Å². The first-order chi connectivity index (χ1) is 12.5. The highest BCUT2D eigenvalue weighted by molar-refractivity contribution is 6.05. The van der Waals surface area contributed by atoms with Crippen molar-refractivity contribution in [2.75, 3.05) is 10.6 Å². The number of rotatable bonds is 8. The standard InChI is InChI=1S/C21H27N3O2/c1-4-6-8-16(5-2)20(25)23-18-10-7-9-17(14-18)21(26)24-19-13-15(3)11-12-22-19/h7,9-14,16H,4-6,8H2,1-3H3,(H,23,25)(H,22,24,26). The topological polar surface area (TPSA) is 71.1 Å². The molecule has 0 bridgehead atoms. The van der Waals surface area contributed by atoms with Crippen LogP contribution in [-0.2, 0) is 4.79 Å². The molecular weight excluding hydrogens is 326 g/mol. The highest BCUT2D eigenvalue weighted by Crippen LogP contribution is 2.18. The quantitative estimate of drug-likeness (QED) is 0.716. The summed E-state index contributed by atoms with van der Waals surface area (Å²) < 4.78 is 0. The summed E-state index contributed by atoms with van der Waals surface area (Å²) in [6.07, 6.45) is 5.47. The molecule has 5 heteroatoms. The van der Waals surface area contributed by atoms with E-state index in [1.807, 2.05) is 26.0 Å². The highest BCUT2D eigenvalue weighted by Gasteiger charge is 2.16. The molecule has 0 saturated heterocycles. The molecule has 2 amide bonds. The van der Waals surface area contributed by atoms with Crippen molar-refractivity contribution in [1.29, 1.82) is 0 Å². The number of pyridine rings is 1. The third-order valence-electron chi connectivity index (χ3n) is 4.32. The second-order valence-electron chi connectivity index (χ2n) is 6.49. The zero-order chi connectivity index (χ0) is 18.9. The van der Waals surface area contributed by atoms with Gasteiger partial charge in [0, 0.05) is 23.4 Å². The number of unbranched alkanes of at least 4 members (excludes halogenated alkanes) is 1. The minimum Gasteiger partial charge on any atom is -0.326 e. The van der Waals surface area contributed by atoms with E-state index in [0.29, 0.717) is 17.1 Å². The molecule has 1 unspecified atom stereocenters. The molecule has 5 nitrogen and oxygen atoms in total. The maximum absolute atomic E-state index is 12.4. The molecule has 1 aromatic carbocycles. The van der Waals surface area contributed by atoms with Gasteiger partial charge in [-0.15, -0.1) is 0 Å². The molecule has 1 atom stereocenters. The second-order valence-corrected chi connectivity index (χ2v) is 6.49. The molecule has 2 N–H and O–H groups in total. The van der Waals surface area contributed by atoms with Crippen LogP contribution in [0.2, 0.25) is 0 Å². The maximum Gasteiger partial charge on any atom is 0.256 e. The molecule has 0 spiro atoms. The Morgan fingerprint density at radius 3 is 2.62 bits per heavy atom. The van der Waals surface area contributed by atoms with Crippen LogP contribution >= 0.6 is 0 Å². The third kappa shape index (κ3) is 5.69. The molecule has 2 aromatic rings. The summed E-state index contributed by atoms with van der Waals surface area (Å²) in [7, 11) is 0. The van der Waals surface area contributed by atoms with Gasteiger partial charge in [0.15, 0.2) is 0 Å². The summed E-state index contributed by atoms with van der Waals surface area (Å²) in [5.74, 6) is 0.273. The van der Waals surface area contributed by atoms with E-state index in [-0.39, 0.29) is 17.7 Å². The Labute approximate surface area is 155 Å². The van der Waals surface area contributed by atoms with E-state index in [0.717, 1.165) is 31.2 Å². The highest BCUT2D eigenvalue weighted by atomic mass is 16.2. The lowest BCUT2D eigenvalue weighted by Crippen LogP contribution is -2.22. The Morgan fingerprint density at radius 1 is 1.12 bits per heavy atom. The van der Waals surface area contributed by atoms with Crippen LogP contribution in [0.15, 0.2) is 42.6 Å². The number of hydrogen-bond donors (Lipinski definition) is 2. The van der Waals surface area contributed by atoms with Gasteiger partial charge in [-0.3, -0.25) is 9.59 Å². The average molecular weight is 353 g/mol. The third-order valence-corrected chi connectivity index (χ3v) is 4.32. The molecule has 2 rings (SSSR count). The van der Waals surface area contributed by atoms with Crippen molar-refractivity contribution in [2.24, 2.45) is 5.92 Å². The Hall–Kier alpha value is -2.69. The van der Waals surface area contributed by atoms with Gasteiger partial charge in [-0.1, -0.05) is 32.8 Å². The largest absolute Gasteiger partial charge is 0.326 e. The van der Waals surface area contributed by atoms with Gasteiger partial charge < -0.3 is 10.6 Å². The normalized spacial score (nSPS) is 11.7. The van der Waals surface area contributed by atoms with E-state index >= 15 is 0 Å². The fraction of sp³-hybridized carbons (Fsp3) is 0.381. The Kier molecular flexibility index (Phi) is 7.33. The zero-order valence-electron chi connectivity index (χ0n) is 15.7. The number of aromatic nitrogens is 1. The maximum atomic E-state index is 12.4. The van der Waals surface area contributed by atoms with Crippen molar-refractivity contribution < 1.29 is 9.59 Å². The molecular formula is C21H27N3O2. The average Bonchev–Trinajstić information content (AvgIpc) is 2.62. The van der Waals surface area contributed by atoms with Crippen LogP contribution in [0.1, 0.15) is 55.5 Å². The number of carbonyl (C=O) groups excluding carboxylic acids is 2. The Morgan fingerprint density at radius 2 is 1.92 bits per heavy atom. The Bertz CT molecular complexity index is 758. The van der Waals surface area contributed by atoms with Crippen LogP contribution in [0.3, 0.4) is 0 Å².